The first-order chi connectivity index (χ1) is 8.18. The van der Waals surface area contributed by atoms with Crippen LogP contribution in [0.3, 0.4) is 0 Å². The fourth-order valence-electron chi connectivity index (χ4n) is 1.70. The summed E-state index contributed by atoms with van der Waals surface area (Å²) in [5.41, 5.74) is 1.85. The molecular formula is C12H15N3OS. The standard InChI is InChI=1S/C12H15N3OS/c1-9-7-14-10(2)15(9)5-4-13-12(16)11-3-6-17-8-11/h3,6-8H,4-5H2,1-2H3,(H,13,16). The molecule has 1 amide bonds. The summed E-state index contributed by atoms with van der Waals surface area (Å²) in [6, 6.07) is 1.83. The number of hydrogen-bond acceptors (Lipinski definition) is 3. The molecule has 0 spiro atoms. The van der Waals surface area contributed by atoms with Crippen molar-refractivity contribution < 1.29 is 4.79 Å². The molecule has 0 fully saturated rings. The molecule has 1 N–H and O–H groups in total. The van der Waals surface area contributed by atoms with Gasteiger partial charge in [0.05, 0.1) is 0 Å². The maximum atomic E-state index is 11.7. The van der Waals surface area contributed by atoms with Crippen LogP contribution >= 0.6 is 11.3 Å². The lowest BCUT2D eigenvalue weighted by Gasteiger charge is -2.08. The van der Waals surface area contributed by atoms with E-state index in [-0.39, 0.29) is 5.91 Å². The van der Waals surface area contributed by atoms with E-state index in [0.29, 0.717) is 6.54 Å². The highest BCUT2D eigenvalue weighted by Gasteiger charge is 2.06. The van der Waals surface area contributed by atoms with Crippen molar-refractivity contribution in [3.05, 3.63) is 40.1 Å². The molecule has 0 aromatic carbocycles. The molecule has 4 nitrogen and oxygen atoms in total. The number of aryl methyl sites for hydroxylation is 2. The molecule has 0 aliphatic heterocycles. The van der Waals surface area contributed by atoms with Gasteiger partial charge in [0.1, 0.15) is 5.82 Å². The molecule has 0 aliphatic carbocycles. The van der Waals surface area contributed by atoms with Crippen LogP contribution in [-0.2, 0) is 6.54 Å². The summed E-state index contributed by atoms with van der Waals surface area (Å²) in [6.07, 6.45) is 1.84. The van der Waals surface area contributed by atoms with E-state index in [1.807, 2.05) is 36.9 Å². The van der Waals surface area contributed by atoms with E-state index in [1.54, 1.807) is 0 Å². The van der Waals surface area contributed by atoms with Crippen molar-refractivity contribution in [2.24, 2.45) is 0 Å². The van der Waals surface area contributed by atoms with E-state index in [9.17, 15) is 4.79 Å². The monoisotopic (exact) mass is 249 g/mol. The van der Waals surface area contributed by atoms with Crippen LogP contribution in [0.2, 0.25) is 0 Å². The van der Waals surface area contributed by atoms with Crippen molar-refractivity contribution >= 4 is 17.2 Å². The summed E-state index contributed by atoms with van der Waals surface area (Å²) in [7, 11) is 0. The van der Waals surface area contributed by atoms with Crippen molar-refractivity contribution in [2.45, 2.75) is 20.4 Å². The molecule has 0 unspecified atom stereocenters. The lowest BCUT2D eigenvalue weighted by atomic mass is 10.3. The van der Waals surface area contributed by atoms with Crippen LogP contribution in [0.25, 0.3) is 0 Å². The molecule has 0 bridgehead atoms. The minimum Gasteiger partial charge on any atom is -0.350 e. The smallest absolute Gasteiger partial charge is 0.252 e. The number of imidazole rings is 1. The Morgan fingerprint density at radius 2 is 2.35 bits per heavy atom. The van der Waals surface area contributed by atoms with E-state index < -0.39 is 0 Å². The van der Waals surface area contributed by atoms with Crippen LogP contribution in [-0.4, -0.2) is 22.0 Å². The highest BCUT2D eigenvalue weighted by molar-refractivity contribution is 7.08. The molecule has 2 rings (SSSR count). The van der Waals surface area contributed by atoms with Crippen LogP contribution < -0.4 is 5.32 Å². The Labute approximate surface area is 104 Å². The molecule has 0 aliphatic rings. The third kappa shape index (κ3) is 2.74. The summed E-state index contributed by atoms with van der Waals surface area (Å²) in [5.74, 6) is 0.967. The van der Waals surface area contributed by atoms with E-state index in [4.69, 9.17) is 0 Å². The normalized spacial score (nSPS) is 10.5. The van der Waals surface area contributed by atoms with Crippen molar-refractivity contribution in [1.29, 1.82) is 0 Å². The average Bonchev–Trinajstić information content (AvgIpc) is 2.93. The number of nitrogens with zero attached hydrogens (tertiary/aromatic N) is 2. The molecule has 17 heavy (non-hydrogen) atoms. The number of carbonyl (C=O) groups is 1. The van der Waals surface area contributed by atoms with Crippen LogP contribution in [0.5, 0.6) is 0 Å². The van der Waals surface area contributed by atoms with Gasteiger partial charge in [-0.2, -0.15) is 11.3 Å². The molecule has 0 radical (unpaired) electrons. The van der Waals surface area contributed by atoms with Gasteiger partial charge in [-0.15, -0.1) is 0 Å². The summed E-state index contributed by atoms with van der Waals surface area (Å²) < 4.78 is 2.09. The first-order valence-electron chi connectivity index (χ1n) is 5.47. The predicted octanol–water partition coefficient (Wildman–Crippen LogP) is 1.99. The van der Waals surface area contributed by atoms with Crippen molar-refractivity contribution in [3.63, 3.8) is 0 Å². The summed E-state index contributed by atoms with van der Waals surface area (Å²) in [5, 5.41) is 6.65. The number of thiophene rings is 1. The number of rotatable bonds is 4. The summed E-state index contributed by atoms with van der Waals surface area (Å²) >= 11 is 1.53. The van der Waals surface area contributed by atoms with Crippen LogP contribution in [0, 0.1) is 13.8 Å². The second-order valence-electron chi connectivity index (χ2n) is 3.87. The van der Waals surface area contributed by atoms with Crippen molar-refractivity contribution in [3.8, 4) is 0 Å². The molecule has 2 heterocycles. The Hall–Kier alpha value is -1.62. The zero-order chi connectivity index (χ0) is 12.3. The van der Waals surface area contributed by atoms with Gasteiger partial charge in [-0.05, 0) is 25.3 Å². The largest absolute Gasteiger partial charge is 0.350 e. The van der Waals surface area contributed by atoms with E-state index >= 15 is 0 Å². The number of hydrogen-bond donors (Lipinski definition) is 1. The Balaban J connectivity index is 1.86. The van der Waals surface area contributed by atoms with Crippen LogP contribution in [0.15, 0.2) is 23.0 Å². The highest BCUT2D eigenvalue weighted by atomic mass is 32.1. The topological polar surface area (TPSA) is 46.9 Å². The van der Waals surface area contributed by atoms with Gasteiger partial charge < -0.3 is 9.88 Å². The van der Waals surface area contributed by atoms with Gasteiger partial charge in [0.25, 0.3) is 5.91 Å². The maximum Gasteiger partial charge on any atom is 0.252 e. The van der Waals surface area contributed by atoms with Gasteiger partial charge in [0, 0.05) is 35.9 Å². The fraction of sp³-hybridized carbons (Fsp3) is 0.333. The van der Waals surface area contributed by atoms with Crippen LogP contribution in [0.4, 0.5) is 0 Å². The third-order valence-corrected chi connectivity index (χ3v) is 3.34. The molecule has 0 saturated heterocycles. The molecule has 0 atom stereocenters. The predicted molar refractivity (Wildman–Crippen MR) is 68.4 cm³/mol. The molecular weight excluding hydrogens is 234 g/mol. The van der Waals surface area contributed by atoms with Crippen molar-refractivity contribution in [2.75, 3.05) is 6.54 Å². The van der Waals surface area contributed by atoms with Gasteiger partial charge in [-0.1, -0.05) is 0 Å². The van der Waals surface area contributed by atoms with Crippen molar-refractivity contribution in [1.82, 2.24) is 14.9 Å². The molecule has 2 aromatic heterocycles. The second kappa shape index (κ2) is 5.14. The fourth-order valence-corrected chi connectivity index (χ4v) is 2.33. The number of aromatic nitrogens is 2. The first-order valence-corrected chi connectivity index (χ1v) is 6.42. The Bertz CT molecular complexity index is 482. The Morgan fingerprint density at radius 1 is 1.53 bits per heavy atom. The lowest BCUT2D eigenvalue weighted by Crippen LogP contribution is -2.27. The molecule has 2 aromatic rings. The maximum absolute atomic E-state index is 11.7. The van der Waals surface area contributed by atoms with E-state index in [2.05, 4.69) is 14.9 Å². The Morgan fingerprint density at radius 3 is 2.94 bits per heavy atom. The third-order valence-electron chi connectivity index (χ3n) is 2.66. The zero-order valence-corrected chi connectivity index (χ0v) is 10.8. The summed E-state index contributed by atoms with van der Waals surface area (Å²) in [4.78, 5) is 15.9. The van der Waals surface area contributed by atoms with E-state index in [1.165, 1.54) is 11.3 Å². The second-order valence-corrected chi connectivity index (χ2v) is 4.65. The van der Waals surface area contributed by atoms with Gasteiger partial charge >= 0.3 is 0 Å². The molecule has 5 heteroatoms. The van der Waals surface area contributed by atoms with Crippen LogP contribution in [0.1, 0.15) is 21.9 Å². The van der Waals surface area contributed by atoms with Gasteiger partial charge in [0.15, 0.2) is 0 Å². The minimum atomic E-state index is -0.0123. The van der Waals surface area contributed by atoms with Gasteiger partial charge in [-0.3, -0.25) is 4.79 Å². The lowest BCUT2D eigenvalue weighted by molar-refractivity contribution is 0.0952. The quantitative estimate of drug-likeness (QED) is 0.900. The Kier molecular flexibility index (Phi) is 3.58. The zero-order valence-electron chi connectivity index (χ0n) is 9.93. The number of carbonyl (C=O) groups excluding carboxylic acids is 1. The SMILES string of the molecule is Cc1cnc(C)n1CCNC(=O)c1ccsc1. The van der Waals surface area contributed by atoms with Gasteiger partial charge in [0.2, 0.25) is 0 Å². The number of amides is 1. The first kappa shape index (κ1) is 11.9. The minimum absolute atomic E-state index is 0.0123. The van der Waals surface area contributed by atoms with Gasteiger partial charge in [-0.25, -0.2) is 4.98 Å². The molecule has 90 valence electrons. The average molecular weight is 249 g/mol. The summed E-state index contributed by atoms with van der Waals surface area (Å²) in [6.45, 7) is 5.36. The number of nitrogens with one attached hydrogen (secondary N) is 1. The van der Waals surface area contributed by atoms with E-state index in [0.717, 1.165) is 23.6 Å². The molecule has 0 saturated carbocycles. The highest BCUT2D eigenvalue weighted by Crippen LogP contribution is 2.05.